The zero-order chi connectivity index (χ0) is 24.4. The van der Waals surface area contributed by atoms with Crippen molar-refractivity contribution in [2.45, 2.75) is 89.7 Å². The molecule has 1 aliphatic heterocycles. The molecule has 2 heterocycles. The van der Waals surface area contributed by atoms with Crippen LogP contribution in [0, 0.1) is 28.6 Å². The number of likely N-dealkylation sites (tertiary alicyclic amines) is 1. The van der Waals surface area contributed by atoms with Crippen LogP contribution in [0.2, 0.25) is 0 Å². The fraction of sp³-hybridized carbons (Fsp3) is 0.724. The number of hydrogen-bond donors (Lipinski definition) is 1. The Morgan fingerprint density at radius 2 is 2.00 bits per heavy atom. The molecule has 8 atom stereocenters. The van der Waals surface area contributed by atoms with E-state index >= 15 is 0 Å². The van der Waals surface area contributed by atoms with Crippen LogP contribution < -0.4 is 11.4 Å². The molecule has 0 radical (unpaired) electrons. The molecule has 0 aromatic carbocycles. The molecule has 35 heavy (non-hydrogen) atoms. The average Bonchev–Trinajstić information content (AvgIpc) is 3.43. The van der Waals surface area contributed by atoms with Crippen LogP contribution in [0.3, 0.4) is 0 Å². The van der Waals surface area contributed by atoms with Crippen molar-refractivity contribution in [2.24, 2.45) is 34.3 Å². The number of allylic oxidation sites excluding steroid dienone is 2. The third-order valence-corrected chi connectivity index (χ3v) is 10.9. The summed E-state index contributed by atoms with van der Waals surface area (Å²) in [5, 5.41) is 0. The molecule has 0 unspecified atom stereocenters. The quantitative estimate of drug-likeness (QED) is 0.586. The van der Waals surface area contributed by atoms with E-state index in [9.17, 15) is 9.59 Å². The standard InChI is InChI=1S/C29H40N2O4/c1-28-12-9-21(35-27(33)31-14-11-20(30)16-31)15-19(28)4-5-22-24-7-6-23(18-3-8-26(32)34-17-18)29(24,2)13-10-25(22)28/h3,7-8,17,19-23,25H,4-6,9-16,30H2,1-2H3/t19-,20-,21+,22+,23-,25+,28+,29-/m1/s1. The Labute approximate surface area is 208 Å². The van der Waals surface area contributed by atoms with Gasteiger partial charge in [-0.15, -0.1) is 0 Å². The predicted octanol–water partition coefficient (Wildman–Crippen LogP) is 5.22. The second-order valence-electron chi connectivity index (χ2n) is 12.6. The van der Waals surface area contributed by atoms with Crippen molar-refractivity contribution in [3.8, 4) is 0 Å². The third-order valence-electron chi connectivity index (χ3n) is 10.9. The van der Waals surface area contributed by atoms with Gasteiger partial charge in [0.25, 0.3) is 0 Å². The molecule has 0 bridgehead atoms. The molecule has 5 aliphatic rings. The van der Waals surface area contributed by atoms with E-state index in [0.717, 1.165) is 44.2 Å². The lowest BCUT2D eigenvalue weighted by molar-refractivity contribution is -0.0867. The molecule has 190 valence electrons. The van der Waals surface area contributed by atoms with Gasteiger partial charge in [0.2, 0.25) is 0 Å². The van der Waals surface area contributed by atoms with Gasteiger partial charge in [-0.1, -0.05) is 25.5 Å². The highest BCUT2D eigenvalue weighted by atomic mass is 16.6. The molecule has 2 N–H and O–H groups in total. The Hall–Kier alpha value is -2.08. The minimum absolute atomic E-state index is 0.0469. The number of carbonyl (C=O) groups excluding carboxylic acids is 1. The minimum Gasteiger partial charge on any atom is -0.446 e. The van der Waals surface area contributed by atoms with E-state index < -0.39 is 0 Å². The van der Waals surface area contributed by atoms with Crippen LogP contribution in [0.5, 0.6) is 0 Å². The van der Waals surface area contributed by atoms with Gasteiger partial charge in [0.15, 0.2) is 0 Å². The van der Waals surface area contributed by atoms with E-state index in [1.807, 2.05) is 6.07 Å². The average molecular weight is 481 g/mol. The lowest BCUT2D eigenvalue weighted by Gasteiger charge is -2.59. The van der Waals surface area contributed by atoms with Crippen LogP contribution in [0.25, 0.3) is 0 Å². The molecule has 4 aliphatic carbocycles. The van der Waals surface area contributed by atoms with Gasteiger partial charge >= 0.3 is 11.7 Å². The largest absolute Gasteiger partial charge is 0.446 e. The van der Waals surface area contributed by atoms with Crippen molar-refractivity contribution < 1.29 is 13.9 Å². The summed E-state index contributed by atoms with van der Waals surface area (Å²) in [6.07, 6.45) is 14.1. The van der Waals surface area contributed by atoms with Crippen LogP contribution in [-0.2, 0) is 4.74 Å². The fourth-order valence-electron chi connectivity index (χ4n) is 8.90. The Kier molecular flexibility index (Phi) is 5.66. The molecule has 6 nitrogen and oxygen atoms in total. The van der Waals surface area contributed by atoms with Gasteiger partial charge in [0.1, 0.15) is 6.10 Å². The Bertz CT molecular complexity index is 1060. The Morgan fingerprint density at radius 3 is 2.74 bits per heavy atom. The van der Waals surface area contributed by atoms with Crippen molar-refractivity contribution in [2.75, 3.05) is 13.1 Å². The van der Waals surface area contributed by atoms with Gasteiger partial charge in [-0.25, -0.2) is 9.59 Å². The number of amides is 1. The summed E-state index contributed by atoms with van der Waals surface area (Å²) >= 11 is 0. The smallest absolute Gasteiger partial charge is 0.410 e. The Morgan fingerprint density at radius 1 is 1.14 bits per heavy atom. The number of hydrogen-bond acceptors (Lipinski definition) is 5. The topological polar surface area (TPSA) is 85.8 Å². The van der Waals surface area contributed by atoms with Crippen LogP contribution >= 0.6 is 0 Å². The van der Waals surface area contributed by atoms with Crippen molar-refractivity contribution in [1.29, 1.82) is 0 Å². The van der Waals surface area contributed by atoms with E-state index in [1.165, 1.54) is 25.7 Å². The van der Waals surface area contributed by atoms with E-state index in [0.29, 0.717) is 35.6 Å². The second-order valence-corrected chi connectivity index (χ2v) is 12.6. The van der Waals surface area contributed by atoms with E-state index in [2.05, 4.69) is 19.9 Å². The molecule has 3 saturated carbocycles. The van der Waals surface area contributed by atoms with Gasteiger partial charge in [0, 0.05) is 25.2 Å². The highest BCUT2D eigenvalue weighted by Crippen LogP contribution is 2.67. The number of nitrogens with two attached hydrogens (primary N) is 1. The summed E-state index contributed by atoms with van der Waals surface area (Å²) < 4.78 is 11.2. The summed E-state index contributed by atoms with van der Waals surface area (Å²) in [5.41, 5.74) is 9.03. The maximum atomic E-state index is 12.7. The first-order chi connectivity index (χ1) is 16.8. The summed E-state index contributed by atoms with van der Waals surface area (Å²) in [6.45, 7) is 6.34. The first-order valence-corrected chi connectivity index (χ1v) is 13.8. The fourth-order valence-corrected chi connectivity index (χ4v) is 8.90. The first kappa shape index (κ1) is 23.3. The number of ether oxygens (including phenoxy) is 1. The number of carbonyl (C=O) groups is 1. The summed E-state index contributed by atoms with van der Waals surface area (Å²) in [6, 6.07) is 3.63. The molecule has 1 aromatic rings. The van der Waals surface area contributed by atoms with Gasteiger partial charge in [-0.3, -0.25) is 0 Å². The lowest BCUT2D eigenvalue weighted by Crippen LogP contribution is -2.52. The summed E-state index contributed by atoms with van der Waals surface area (Å²) in [4.78, 5) is 26.0. The number of nitrogens with zero attached hydrogens (tertiary/aromatic N) is 1. The monoisotopic (exact) mass is 480 g/mol. The van der Waals surface area contributed by atoms with Crippen molar-refractivity contribution in [1.82, 2.24) is 4.90 Å². The molecule has 1 saturated heterocycles. The van der Waals surface area contributed by atoms with Crippen molar-refractivity contribution in [3.63, 3.8) is 0 Å². The highest BCUT2D eigenvalue weighted by Gasteiger charge is 2.58. The maximum Gasteiger partial charge on any atom is 0.410 e. The molecule has 1 amide bonds. The molecule has 1 aromatic heterocycles. The zero-order valence-electron chi connectivity index (χ0n) is 21.2. The molecular weight excluding hydrogens is 440 g/mol. The van der Waals surface area contributed by atoms with Gasteiger partial charge in [-0.2, -0.15) is 0 Å². The SMILES string of the molecule is C[C@]12CC[C@H](OC(=O)N3CC[C@@H](N)C3)C[C@H]1CC[C@H]1C3=CC[C@H](c4ccc(=O)oc4)[C@@]3(C)CC[C@@H]12. The second kappa shape index (κ2) is 8.50. The minimum atomic E-state index is -0.273. The summed E-state index contributed by atoms with van der Waals surface area (Å²) in [5.74, 6) is 2.39. The third kappa shape index (κ3) is 3.78. The van der Waals surface area contributed by atoms with Crippen LogP contribution in [0.1, 0.15) is 83.1 Å². The normalized spacial score (nSPS) is 42.6. The highest BCUT2D eigenvalue weighted by molar-refractivity contribution is 5.68. The van der Waals surface area contributed by atoms with E-state index in [4.69, 9.17) is 14.9 Å². The molecular formula is C29H40N2O4. The van der Waals surface area contributed by atoms with Gasteiger partial charge in [-0.05, 0) is 104 Å². The molecule has 6 rings (SSSR count). The number of fused-ring (bicyclic) bond motifs is 5. The predicted molar refractivity (Wildman–Crippen MR) is 134 cm³/mol. The van der Waals surface area contributed by atoms with E-state index in [-0.39, 0.29) is 29.3 Å². The van der Waals surface area contributed by atoms with Crippen molar-refractivity contribution >= 4 is 6.09 Å². The lowest BCUT2D eigenvalue weighted by atomic mass is 9.46. The Balaban J connectivity index is 1.15. The maximum absolute atomic E-state index is 12.7. The van der Waals surface area contributed by atoms with Crippen LogP contribution in [0.4, 0.5) is 4.79 Å². The van der Waals surface area contributed by atoms with Crippen LogP contribution in [-0.4, -0.2) is 36.2 Å². The van der Waals surface area contributed by atoms with Crippen LogP contribution in [0.15, 0.2) is 39.3 Å². The van der Waals surface area contributed by atoms with Crippen molar-refractivity contribution in [3.05, 3.63) is 46.0 Å². The molecule has 4 fully saturated rings. The number of rotatable bonds is 2. The first-order valence-electron chi connectivity index (χ1n) is 13.8. The van der Waals surface area contributed by atoms with Gasteiger partial charge in [0.05, 0.1) is 6.26 Å². The zero-order valence-corrected chi connectivity index (χ0v) is 21.2. The van der Waals surface area contributed by atoms with E-state index in [1.54, 1.807) is 22.8 Å². The molecule has 6 heteroatoms. The van der Waals surface area contributed by atoms with Gasteiger partial charge < -0.3 is 19.8 Å². The summed E-state index contributed by atoms with van der Waals surface area (Å²) in [7, 11) is 0. The molecule has 0 spiro atoms.